The van der Waals surface area contributed by atoms with Crippen LogP contribution in [-0.2, 0) is 17.8 Å². The number of aromatic nitrogens is 3. The van der Waals surface area contributed by atoms with Crippen molar-refractivity contribution in [2.45, 2.75) is 25.8 Å². The van der Waals surface area contributed by atoms with Crippen LogP contribution in [0.3, 0.4) is 0 Å². The number of nitrogens with zero attached hydrogens (tertiary/aromatic N) is 5. The molecule has 1 fully saturated rings. The van der Waals surface area contributed by atoms with Gasteiger partial charge in [-0.1, -0.05) is 35.6 Å². The third kappa shape index (κ3) is 3.92. The smallest absolute Gasteiger partial charge is 0.227 e. The monoisotopic (exact) mass is 473 g/mol. The molecular weight excluding hydrogens is 446 g/mol. The van der Waals surface area contributed by atoms with Crippen molar-refractivity contribution in [3.05, 3.63) is 65.9 Å². The van der Waals surface area contributed by atoms with Crippen molar-refractivity contribution in [2.75, 3.05) is 31.6 Å². The lowest BCUT2D eigenvalue weighted by atomic mass is 9.94. The predicted octanol–water partition coefficient (Wildman–Crippen LogP) is 4.27. The Hall–Kier alpha value is -3.39. The van der Waals surface area contributed by atoms with E-state index < -0.39 is 0 Å². The summed E-state index contributed by atoms with van der Waals surface area (Å²) in [5.74, 6) is 1.13. The van der Waals surface area contributed by atoms with Gasteiger partial charge in [0.05, 0.1) is 24.9 Å². The van der Waals surface area contributed by atoms with Crippen LogP contribution in [0, 0.1) is 5.92 Å². The highest BCUT2D eigenvalue weighted by atomic mass is 32.1. The number of piperidine rings is 1. The molecule has 0 radical (unpaired) electrons. The molecule has 2 aromatic carbocycles. The van der Waals surface area contributed by atoms with Crippen LogP contribution in [0.15, 0.2) is 54.7 Å². The Morgan fingerprint density at radius 2 is 1.91 bits per heavy atom. The van der Waals surface area contributed by atoms with Crippen LogP contribution in [-0.4, -0.2) is 52.1 Å². The van der Waals surface area contributed by atoms with E-state index in [9.17, 15) is 4.79 Å². The molecule has 0 N–H and O–H groups in total. The number of rotatable bonds is 4. The minimum absolute atomic E-state index is 0.0186. The lowest BCUT2D eigenvalue weighted by Crippen LogP contribution is -2.46. The molecule has 2 aromatic heterocycles. The summed E-state index contributed by atoms with van der Waals surface area (Å²) in [6, 6.07) is 16.4. The third-order valence-electron chi connectivity index (χ3n) is 6.90. The van der Waals surface area contributed by atoms with Crippen molar-refractivity contribution < 1.29 is 9.53 Å². The molecule has 34 heavy (non-hydrogen) atoms. The van der Waals surface area contributed by atoms with Gasteiger partial charge < -0.3 is 14.5 Å². The molecule has 0 unspecified atom stereocenters. The quantitative estimate of drug-likeness (QED) is 0.443. The van der Waals surface area contributed by atoms with Gasteiger partial charge in [0.1, 0.15) is 5.75 Å². The maximum atomic E-state index is 13.4. The largest absolute Gasteiger partial charge is 0.497 e. The van der Waals surface area contributed by atoms with E-state index in [-0.39, 0.29) is 11.8 Å². The van der Waals surface area contributed by atoms with E-state index in [1.165, 1.54) is 11.1 Å². The molecule has 6 rings (SSSR count). The first-order valence-electron chi connectivity index (χ1n) is 11.8. The summed E-state index contributed by atoms with van der Waals surface area (Å²) in [5.41, 5.74) is 4.58. The number of imidazole rings is 1. The summed E-state index contributed by atoms with van der Waals surface area (Å²) < 4.78 is 7.10. The zero-order valence-electron chi connectivity index (χ0n) is 19.2. The summed E-state index contributed by atoms with van der Waals surface area (Å²) >= 11 is 1.58. The third-order valence-corrected chi connectivity index (χ3v) is 7.89. The molecular formula is C26H27N5O2S. The zero-order valence-corrected chi connectivity index (χ0v) is 20.0. The molecule has 1 amide bonds. The van der Waals surface area contributed by atoms with E-state index in [0.29, 0.717) is 0 Å². The Balaban J connectivity index is 1.16. The highest BCUT2D eigenvalue weighted by Crippen LogP contribution is 2.31. The van der Waals surface area contributed by atoms with Gasteiger partial charge in [-0.15, -0.1) is 5.10 Å². The van der Waals surface area contributed by atoms with Crippen molar-refractivity contribution in [3.8, 4) is 17.0 Å². The molecule has 2 aliphatic rings. The van der Waals surface area contributed by atoms with Gasteiger partial charge in [-0.3, -0.25) is 4.79 Å². The molecule has 2 aliphatic heterocycles. The standard InChI is InChI=1S/C26H27N5O2S/c1-33-22-10-8-19(9-11-22)23-17-31-25(27-23)34-26(28-31)30-13-4-7-21(16-30)24(32)29-14-12-18-5-2-3-6-20(18)15-29/h2-3,5-6,8-11,17,21H,4,7,12-16H2,1H3/t21-/m1/s1. The number of carbonyl (C=O) groups is 1. The van der Waals surface area contributed by atoms with E-state index >= 15 is 0 Å². The van der Waals surface area contributed by atoms with Crippen LogP contribution in [0.4, 0.5) is 5.13 Å². The van der Waals surface area contributed by atoms with E-state index in [4.69, 9.17) is 14.8 Å². The molecule has 174 valence electrons. The lowest BCUT2D eigenvalue weighted by molar-refractivity contribution is -0.136. The molecule has 4 heterocycles. The number of anilines is 1. The summed E-state index contributed by atoms with van der Waals surface area (Å²) in [5, 5.41) is 5.74. The number of ether oxygens (including phenoxy) is 1. The second kappa shape index (κ2) is 8.76. The molecule has 0 bridgehead atoms. The Labute approximate surface area is 202 Å². The van der Waals surface area contributed by atoms with Crippen LogP contribution < -0.4 is 9.64 Å². The molecule has 0 saturated carbocycles. The topological polar surface area (TPSA) is 63.0 Å². The van der Waals surface area contributed by atoms with E-state index in [1.54, 1.807) is 18.4 Å². The van der Waals surface area contributed by atoms with Crippen molar-refractivity contribution >= 4 is 27.3 Å². The summed E-state index contributed by atoms with van der Waals surface area (Å²) in [7, 11) is 1.66. The number of hydrogen-bond acceptors (Lipinski definition) is 6. The van der Waals surface area contributed by atoms with Crippen LogP contribution >= 0.6 is 11.3 Å². The number of hydrogen-bond donors (Lipinski definition) is 0. The molecule has 4 aromatic rings. The number of benzene rings is 2. The summed E-state index contributed by atoms with van der Waals surface area (Å²) in [4.78, 5) is 23.3. The second-order valence-electron chi connectivity index (χ2n) is 9.03. The Morgan fingerprint density at radius 3 is 2.71 bits per heavy atom. The Morgan fingerprint density at radius 1 is 1.09 bits per heavy atom. The number of methoxy groups -OCH3 is 1. The van der Waals surface area contributed by atoms with Crippen molar-refractivity contribution in [1.29, 1.82) is 0 Å². The maximum absolute atomic E-state index is 13.4. The zero-order chi connectivity index (χ0) is 23.1. The number of carbonyl (C=O) groups excluding carboxylic acids is 1. The summed E-state index contributed by atoms with van der Waals surface area (Å²) in [6.07, 6.45) is 4.85. The van der Waals surface area contributed by atoms with Crippen molar-refractivity contribution in [2.24, 2.45) is 5.92 Å². The van der Waals surface area contributed by atoms with Gasteiger partial charge in [-0.25, -0.2) is 9.50 Å². The predicted molar refractivity (Wildman–Crippen MR) is 133 cm³/mol. The average Bonchev–Trinajstić information content (AvgIpc) is 3.48. The van der Waals surface area contributed by atoms with Crippen LogP contribution in [0.5, 0.6) is 5.75 Å². The van der Waals surface area contributed by atoms with E-state index in [0.717, 1.165) is 72.5 Å². The Kier molecular flexibility index (Phi) is 5.45. The van der Waals surface area contributed by atoms with E-state index in [1.807, 2.05) is 39.9 Å². The van der Waals surface area contributed by atoms with Crippen molar-refractivity contribution in [1.82, 2.24) is 19.5 Å². The molecule has 0 aliphatic carbocycles. The Bertz CT molecular complexity index is 1300. The SMILES string of the molecule is COc1ccc(-c2cn3nc(N4CCC[C@@H](C(=O)N5CCc6ccccc6C5)C4)sc3n2)cc1. The van der Waals surface area contributed by atoms with Gasteiger partial charge in [-0.2, -0.15) is 0 Å². The molecule has 7 nitrogen and oxygen atoms in total. The molecule has 0 spiro atoms. The first kappa shape index (κ1) is 21.2. The number of fused-ring (bicyclic) bond motifs is 2. The first-order chi connectivity index (χ1) is 16.7. The van der Waals surface area contributed by atoms with Crippen molar-refractivity contribution in [3.63, 3.8) is 0 Å². The lowest BCUT2D eigenvalue weighted by Gasteiger charge is -2.36. The minimum atomic E-state index is 0.0186. The average molecular weight is 474 g/mol. The highest BCUT2D eigenvalue weighted by Gasteiger charge is 2.32. The minimum Gasteiger partial charge on any atom is -0.497 e. The van der Waals surface area contributed by atoms with Gasteiger partial charge in [0.15, 0.2) is 0 Å². The van der Waals surface area contributed by atoms with Crippen LogP contribution in [0.1, 0.15) is 24.0 Å². The fraction of sp³-hybridized carbons (Fsp3) is 0.346. The summed E-state index contributed by atoms with van der Waals surface area (Å²) in [6.45, 7) is 3.18. The highest BCUT2D eigenvalue weighted by molar-refractivity contribution is 7.20. The fourth-order valence-electron chi connectivity index (χ4n) is 5.01. The van der Waals surface area contributed by atoms with Crippen LogP contribution in [0.25, 0.3) is 16.2 Å². The van der Waals surface area contributed by atoms with Gasteiger partial charge in [-0.05, 0) is 54.7 Å². The van der Waals surface area contributed by atoms with Gasteiger partial charge in [0.2, 0.25) is 16.0 Å². The van der Waals surface area contributed by atoms with E-state index in [2.05, 4.69) is 29.2 Å². The van der Waals surface area contributed by atoms with Gasteiger partial charge in [0, 0.05) is 31.7 Å². The number of amides is 1. The normalized spacial score (nSPS) is 18.2. The van der Waals surface area contributed by atoms with Crippen LogP contribution in [0.2, 0.25) is 0 Å². The molecule has 1 saturated heterocycles. The molecule has 8 heteroatoms. The van der Waals surface area contributed by atoms with Gasteiger partial charge >= 0.3 is 0 Å². The first-order valence-corrected chi connectivity index (χ1v) is 12.6. The second-order valence-corrected chi connectivity index (χ2v) is 9.96. The molecule has 1 atom stereocenters. The maximum Gasteiger partial charge on any atom is 0.227 e. The van der Waals surface area contributed by atoms with Gasteiger partial charge in [0.25, 0.3) is 0 Å². The fourth-order valence-corrected chi connectivity index (χ4v) is 5.93.